The molecule has 58 valence electrons. The summed E-state index contributed by atoms with van der Waals surface area (Å²) in [7, 11) is 1.90. The summed E-state index contributed by atoms with van der Waals surface area (Å²) in [6, 6.07) is 0. The van der Waals surface area contributed by atoms with Crippen LogP contribution in [0.1, 0.15) is 27.7 Å². The van der Waals surface area contributed by atoms with Crippen LogP contribution in [0, 0.1) is 0 Å². The molecule has 0 saturated heterocycles. The molecule has 0 atom stereocenters. The highest BCUT2D eigenvalue weighted by Crippen LogP contribution is 1.90. The van der Waals surface area contributed by atoms with Gasteiger partial charge in [0.15, 0.2) is 0 Å². The van der Waals surface area contributed by atoms with Gasteiger partial charge < -0.3 is 11.1 Å². The second kappa shape index (κ2) is 6.05. The SMILES string of the molecule is CC.CNCC(C)(C)N. The highest BCUT2D eigenvalue weighted by atomic mass is 14.9. The van der Waals surface area contributed by atoms with Crippen molar-refractivity contribution in [2.75, 3.05) is 13.6 Å². The van der Waals surface area contributed by atoms with Crippen molar-refractivity contribution >= 4 is 0 Å². The van der Waals surface area contributed by atoms with Crippen LogP contribution in [-0.4, -0.2) is 19.1 Å². The first-order valence-electron chi connectivity index (χ1n) is 3.50. The molecule has 0 unspecified atom stereocenters. The normalized spacial score (nSPS) is 10.0. The van der Waals surface area contributed by atoms with Crippen molar-refractivity contribution in [2.24, 2.45) is 5.73 Å². The van der Waals surface area contributed by atoms with E-state index in [9.17, 15) is 0 Å². The zero-order chi connectivity index (χ0) is 7.91. The smallest absolute Gasteiger partial charge is 0.0223 e. The second-order valence-electron chi connectivity index (χ2n) is 2.52. The molecule has 3 N–H and O–H groups in total. The third-order valence-electron chi connectivity index (χ3n) is 0.632. The van der Waals surface area contributed by atoms with Gasteiger partial charge in [0.05, 0.1) is 0 Å². The van der Waals surface area contributed by atoms with Crippen LogP contribution in [0.3, 0.4) is 0 Å². The van der Waals surface area contributed by atoms with Gasteiger partial charge in [0.25, 0.3) is 0 Å². The van der Waals surface area contributed by atoms with Gasteiger partial charge in [-0.05, 0) is 20.9 Å². The quantitative estimate of drug-likeness (QED) is 0.587. The van der Waals surface area contributed by atoms with Gasteiger partial charge in [-0.1, -0.05) is 13.8 Å². The van der Waals surface area contributed by atoms with E-state index in [1.165, 1.54) is 0 Å². The van der Waals surface area contributed by atoms with E-state index in [-0.39, 0.29) is 5.54 Å². The zero-order valence-corrected chi connectivity index (χ0v) is 7.28. The lowest BCUT2D eigenvalue weighted by atomic mass is 10.1. The van der Waals surface area contributed by atoms with Crippen LogP contribution < -0.4 is 11.1 Å². The Balaban J connectivity index is 0. The molecule has 9 heavy (non-hydrogen) atoms. The minimum Gasteiger partial charge on any atom is -0.324 e. The fourth-order valence-electron chi connectivity index (χ4n) is 0.456. The average Bonchev–Trinajstić information content (AvgIpc) is 1.69. The summed E-state index contributed by atoms with van der Waals surface area (Å²) >= 11 is 0. The summed E-state index contributed by atoms with van der Waals surface area (Å²) in [4.78, 5) is 0. The van der Waals surface area contributed by atoms with Crippen molar-refractivity contribution in [3.05, 3.63) is 0 Å². The lowest BCUT2D eigenvalue weighted by Crippen LogP contribution is -2.41. The maximum atomic E-state index is 5.58. The monoisotopic (exact) mass is 132 g/mol. The maximum absolute atomic E-state index is 5.58. The van der Waals surface area contributed by atoms with Crippen molar-refractivity contribution in [3.63, 3.8) is 0 Å². The standard InChI is InChI=1S/C5H14N2.C2H6/c1-5(2,6)4-7-3;1-2/h7H,4,6H2,1-3H3;1-2H3. The van der Waals surface area contributed by atoms with Gasteiger partial charge >= 0.3 is 0 Å². The molecule has 0 aromatic heterocycles. The molecule has 0 amide bonds. The molecule has 0 radical (unpaired) electrons. The molecule has 2 nitrogen and oxygen atoms in total. The molecule has 0 aromatic rings. The third-order valence-corrected chi connectivity index (χ3v) is 0.632. The summed E-state index contributed by atoms with van der Waals surface area (Å²) in [5.74, 6) is 0. The first-order valence-corrected chi connectivity index (χ1v) is 3.50. The highest BCUT2D eigenvalue weighted by Gasteiger charge is 2.06. The first kappa shape index (κ1) is 11.7. The molecule has 0 bridgehead atoms. The van der Waals surface area contributed by atoms with Crippen molar-refractivity contribution in [1.29, 1.82) is 0 Å². The number of nitrogens with two attached hydrogens (primary N) is 1. The van der Waals surface area contributed by atoms with E-state index in [4.69, 9.17) is 5.73 Å². The summed E-state index contributed by atoms with van der Waals surface area (Å²) in [6.45, 7) is 8.85. The molecule has 0 saturated carbocycles. The molecule has 0 aromatic carbocycles. The molecule has 0 rings (SSSR count). The minimum absolute atomic E-state index is 0.0608. The van der Waals surface area contributed by atoms with E-state index < -0.39 is 0 Å². The Bertz CT molecular complexity index is 45.4. The lowest BCUT2D eigenvalue weighted by Gasteiger charge is -2.16. The summed E-state index contributed by atoms with van der Waals surface area (Å²) in [6.07, 6.45) is 0. The van der Waals surface area contributed by atoms with E-state index in [0.717, 1.165) is 6.54 Å². The predicted octanol–water partition coefficient (Wildman–Crippen LogP) is 0.969. The molecule has 0 aliphatic heterocycles. The molecule has 0 aliphatic rings. The zero-order valence-electron chi connectivity index (χ0n) is 7.28. The Kier molecular flexibility index (Phi) is 7.85. The van der Waals surface area contributed by atoms with Crippen LogP contribution in [0.4, 0.5) is 0 Å². The van der Waals surface area contributed by atoms with Gasteiger partial charge in [0.2, 0.25) is 0 Å². The number of nitrogens with one attached hydrogen (secondary N) is 1. The lowest BCUT2D eigenvalue weighted by molar-refractivity contribution is 0.490. The summed E-state index contributed by atoms with van der Waals surface area (Å²) in [5.41, 5.74) is 5.52. The van der Waals surface area contributed by atoms with Gasteiger partial charge in [-0.3, -0.25) is 0 Å². The van der Waals surface area contributed by atoms with E-state index in [2.05, 4.69) is 5.32 Å². The molecule has 0 fully saturated rings. The molecular weight excluding hydrogens is 112 g/mol. The molecular formula is C7H20N2. The van der Waals surface area contributed by atoms with Crippen molar-refractivity contribution in [2.45, 2.75) is 33.2 Å². The molecule has 0 spiro atoms. The molecule has 2 heteroatoms. The summed E-state index contributed by atoms with van der Waals surface area (Å²) in [5, 5.41) is 2.98. The van der Waals surface area contributed by atoms with Crippen LogP contribution in [0.15, 0.2) is 0 Å². The van der Waals surface area contributed by atoms with Gasteiger partial charge in [-0.2, -0.15) is 0 Å². The van der Waals surface area contributed by atoms with Gasteiger partial charge in [-0.25, -0.2) is 0 Å². The molecule has 0 heterocycles. The number of rotatable bonds is 2. The van der Waals surface area contributed by atoms with Crippen molar-refractivity contribution < 1.29 is 0 Å². The topological polar surface area (TPSA) is 38.0 Å². The number of hydrogen-bond acceptors (Lipinski definition) is 2. The predicted molar refractivity (Wildman–Crippen MR) is 43.5 cm³/mol. The number of hydrogen-bond donors (Lipinski definition) is 2. The Hall–Kier alpha value is -0.0800. The van der Waals surface area contributed by atoms with E-state index in [0.29, 0.717) is 0 Å². The second-order valence-corrected chi connectivity index (χ2v) is 2.52. The van der Waals surface area contributed by atoms with E-state index in [1.54, 1.807) is 0 Å². The van der Waals surface area contributed by atoms with Gasteiger partial charge in [0.1, 0.15) is 0 Å². The van der Waals surface area contributed by atoms with Crippen LogP contribution in [0.5, 0.6) is 0 Å². The van der Waals surface area contributed by atoms with E-state index in [1.807, 2.05) is 34.7 Å². The van der Waals surface area contributed by atoms with Crippen molar-refractivity contribution in [3.8, 4) is 0 Å². The minimum atomic E-state index is -0.0608. The Labute approximate surface area is 58.8 Å². The first-order chi connectivity index (χ1) is 4.06. The van der Waals surface area contributed by atoms with Crippen LogP contribution in [0.25, 0.3) is 0 Å². The van der Waals surface area contributed by atoms with Crippen LogP contribution in [0.2, 0.25) is 0 Å². The maximum Gasteiger partial charge on any atom is 0.0223 e. The summed E-state index contributed by atoms with van der Waals surface area (Å²) < 4.78 is 0. The Morgan fingerprint density at radius 2 is 1.67 bits per heavy atom. The van der Waals surface area contributed by atoms with E-state index >= 15 is 0 Å². The fourth-order valence-corrected chi connectivity index (χ4v) is 0.456. The number of likely N-dealkylation sites (N-methyl/N-ethyl adjacent to an activating group) is 1. The third kappa shape index (κ3) is 18.1. The fraction of sp³-hybridized carbons (Fsp3) is 1.00. The Morgan fingerprint density at radius 3 is 1.67 bits per heavy atom. The highest BCUT2D eigenvalue weighted by molar-refractivity contribution is 4.72. The Morgan fingerprint density at radius 1 is 1.33 bits per heavy atom. The largest absolute Gasteiger partial charge is 0.324 e. The van der Waals surface area contributed by atoms with Crippen LogP contribution in [-0.2, 0) is 0 Å². The van der Waals surface area contributed by atoms with Gasteiger partial charge in [-0.15, -0.1) is 0 Å². The molecule has 0 aliphatic carbocycles. The van der Waals surface area contributed by atoms with Crippen LogP contribution >= 0.6 is 0 Å². The van der Waals surface area contributed by atoms with Crippen molar-refractivity contribution in [1.82, 2.24) is 5.32 Å². The van der Waals surface area contributed by atoms with Gasteiger partial charge in [0, 0.05) is 12.1 Å². The average molecular weight is 132 g/mol.